The lowest BCUT2D eigenvalue weighted by atomic mass is 10.0. The van der Waals surface area contributed by atoms with Crippen LogP contribution in [0, 0.1) is 10.1 Å². The molecule has 0 fully saturated rings. The summed E-state index contributed by atoms with van der Waals surface area (Å²) in [5.41, 5.74) is 0.158. The van der Waals surface area contributed by atoms with Crippen molar-refractivity contribution in [1.82, 2.24) is 4.90 Å². The normalized spacial score (nSPS) is 10.6. The van der Waals surface area contributed by atoms with Crippen LogP contribution in [0.15, 0.2) is 42.5 Å². The average Bonchev–Trinajstić information content (AvgIpc) is 2.54. The number of rotatable bonds is 6. The smallest absolute Gasteiger partial charge is 0.270 e. The Morgan fingerprint density at radius 3 is 2.44 bits per heavy atom. The highest BCUT2D eigenvalue weighted by atomic mass is 35.5. The van der Waals surface area contributed by atoms with E-state index in [1.165, 1.54) is 18.2 Å². The minimum Gasteiger partial charge on any atom is -0.324 e. The number of non-ortho nitro benzene ring substituents is 1. The fraction of sp³-hybridized carbons (Fsp3) is 0.176. The van der Waals surface area contributed by atoms with Crippen molar-refractivity contribution in [1.29, 1.82) is 0 Å². The van der Waals surface area contributed by atoms with Crippen molar-refractivity contribution in [3.05, 3.63) is 68.7 Å². The average molecular weight is 362 g/mol. The van der Waals surface area contributed by atoms with Crippen LogP contribution in [0.5, 0.6) is 0 Å². The molecule has 0 saturated heterocycles. The molecule has 0 bridgehead atoms. The monoisotopic (exact) mass is 361 g/mol. The number of carbonyl (C=O) groups is 2. The highest BCUT2D eigenvalue weighted by molar-refractivity contribution is 6.35. The van der Waals surface area contributed by atoms with Gasteiger partial charge < -0.3 is 10.2 Å². The molecule has 25 heavy (non-hydrogen) atoms. The number of likely N-dealkylation sites (N-methyl/N-ethyl adjacent to an activating group) is 1. The summed E-state index contributed by atoms with van der Waals surface area (Å²) in [6.07, 6.45) is 0. The first kappa shape index (κ1) is 18.6. The molecule has 130 valence electrons. The minimum absolute atomic E-state index is 0.00871. The third kappa shape index (κ3) is 4.62. The molecule has 8 heteroatoms. The molecule has 0 aliphatic carbocycles. The van der Waals surface area contributed by atoms with E-state index in [4.69, 9.17) is 11.6 Å². The number of amides is 1. The van der Waals surface area contributed by atoms with Crippen molar-refractivity contribution in [3.63, 3.8) is 0 Å². The highest BCUT2D eigenvalue weighted by Gasteiger charge is 2.21. The lowest BCUT2D eigenvalue weighted by Crippen LogP contribution is -2.27. The maximum Gasteiger partial charge on any atom is 0.270 e. The van der Waals surface area contributed by atoms with Gasteiger partial charge in [-0.2, -0.15) is 0 Å². The number of halogens is 1. The number of hydrogen-bond donors (Lipinski definition) is 1. The van der Waals surface area contributed by atoms with Crippen molar-refractivity contribution >= 4 is 34.7 Å². The van der Waals surface area contributed by atoms with Gasteiger partial charge in [-0.25, -0.2) is 0 Å². The predicted octanol–water partition coefficient (Wildman–Crippen LogP) is 2.98. The van der Waals surface area contributed by atoms with Gasteiger partial charge in [-0.3, -0.25) is 19.7 Å². The molecule has 1 amide bonds. The zero-order valence-electron chi connectivity index (χ0n) is 13.7. The number of nitrogens with one attached hydrogen (secondary N) is 1. The number of carbonyl (C=O) groups excluding carboxylic acids is 2. The van der Waals surface area contributed by atoms with E-state index in [-0.39, 0.29) is 40.0 Å². The summed E-state index contributed by atoms with van der Waals surface area (Å²) in [5, 5.41) is 13.9. The van der Waals surface area contributed by atoms with Crippen LogP contribution < -0.4 is 5.32 Å². The van der Waals surface area contributed by atoms with E-state index in [1.807, 2.05) is 0 Å². The van der Waals surface area contributed by atoms with Gasteiger partial charge in [0.25, 0.3) is 5.69 Å². The Labute approximate surface area is 149 Å². The molecule has 0 radical (unpaired) electrons. The number of nitro benzene ring substituents is 1. The van der Waals surface area contributed by atoms with Crippen LogP contribution in [-0.4, -0.2) is 42.2 Å². The molecule has 7 nitrogen and oxygen atoms in total. The van der Waals surface area contributed by atoms with E-state index < -0.39 is 10.7 Å². The molecular formula is C17H16ClN3O4. The molecule has 2 aromatic carbocycles. The molecule has 0 aliphatic heterocycles. The third-order valence-electron chi connectivity index (χ3n) is 3.31. The SMILES string of the molecule is CN(C)CC(=O)Nc1ccc([N+](=O)[O-])cc1C(=O)c1ccccc1Cl. The van der Waals surface area contributed by atoms with Crippen molar-refractivity contribution in [3.8, 4) is 0 Å². The topological polar surface area (TPSA) is 92.6 Å². The fourth-order valence-corrected chi connectivity index (χ4v) is 2.43. The molecule has 0 spiro atoms. The number of hydrogen-bond acceptors (Lipinski definition) is 5. The second-order valence-electron chi connectivity index (χ2n) is 5.58. The summed E-state index contributed by atoms with van der Waals surface area (Å²) >= 11 is 6.05. The van der Waals surface area contributed by atoms with Crippen LogP contribution in [-0.2, 0) is 4.79 Å². The van der Waals surface area contributed by atoms with Gasteiger partial charge in [0.1, 0.15) is 0 Å². The fourth-order valence-electron chi connectivity index (χ4n) is 2.21. The van der Waals surface area contributed by atoms with Gasteiger partial charge >= 0.3 is 0 Å². The van der Waals surface area contributed by atoms with Gasteiger partial charge in [0.15, 0.2) is 5.78 Å². The lowest BCUT2D eigenvalue weighted by Gasteiger charge is -2.13. The van der Waals surface area contributed by atoms with Crippen molar-refractivity contribution in [2.75, 3.05) is 26.0 Å². The second kappa shape index (κ2) is 7.87. The lowest BCUT2D eigenvalue weighted by molar-refractivity contribution is -0.384. The van der Waals surface area contributed by atoms with Gasteiger partial charge in [0.2, 0.25) is 5.91 Å². The molecule has 0 atom stereocenters. The number of nitro groups is 1. The van der Waals surface area contributed by atoms with Crippen molar-refractivity contribution < 1.29 is 14.5 Å². The Kier molecular flexibility index (Phi) is 5.84. The van der Waals surface area contributed by atoms with Gasteiger partial charge in [-0.05, 0) is 32.3 Å². The number of anilines is 1. The molecule has 0 unspecified atom stereocenters. The van der Waals surface area contributed by atoms with Gasteiger partial charge in [-0.1, -0.05) is 23.7 Å². The van der Waals surface area contributed by atoms with Crippen LogP contribution >= 0.6 is 11.6 Å². The van der Waals surface area contributed by atoms with E-state index in [0.29, 0.717) is 0 Å². The Balaban J connectivity index is 2.47. The van der Waals surface area contributed by atoms with E-state index >= 15 is 0 Å². The first-order valence-corrected chi connectivity index (χ1v) is 7.69. The first-order valence-electron chi connectivity index (χ1n) is 7.32. The van der Waals surface area contributed by atoms with Gasteiger partial charge in [0.05, 0.1) is 27.7 Å². The largest absolute Gasteiger partial charge is 0.324 e. The Bertz CT molecular complexity index is 836. The molecule has 1 N–H and O–H groups in total. The van der Waals surface area contributed by atoms with Gasteiger partial charge in [0, 0.05) is 17.7 Å². The van der Waals surface area contributed by atoms with Crippen molar-refractivity contribution in [2.24, 2.45) is 0 Å². The molecular weight excluding hydrogens is 346 g/mol. The Hall–Kier alpha value is -2.77. The van der Waals surface area contributed by atoms with E-state index in [1.54, 1.807) is 37.2 Å². The zero-order chi connectivity index (χ0) is 18.6. The highest BCUT2D eigenvalue weighted by Crippen LogP contribution is 2.27. The second-order valence-corrected chi connectivity index (χ2v) is 5.99. The van der Waals surface area contributed by atoms with Crippen LogP contribution in [0.1, 0.15) is 15.9 Å². The van der Waals surface area contributed by atoms with Crippen LogP contribution in [0.3, 0.4) is 0 Å². The molecule has 2 aromatic rings. The Morgan fingerprint density at radius 1 is 1.16 bits per heavy atom. The Morgan fingerprint density at radius 2 is 1.84 bits per heavy atom. The number of benzene rings is 2. The zero-order valence-corrected chi connectivity index (χ0v) is 14.4. The van der Waals surface area contributed by atoms with Crippen LogP contribution in [0.2, 0.25) is 5.02 Å². The minimum atomic E-state index is -0.602. The summed E-state index contributed by atoms with van der Waals surface area (Å²) in [4.78, 5) is 36.9. The first-order chi connectivity index (χ1) is 11.8. The summed E-state index contributed by atoms with van der Waals surface area (Å²) in [7, 11) is 3.45. The molecule has 0 saturated carbocycles. The molecule has 0 aliphatic rings. The summed E-state index contributed by atoms with van der Waals surface area (Å²) in [6.45, 7) is 0.108. The maximum atomic E-state index is 12.8. The van der Waals surface area contributed by atoms with E-state index in [0.717, 1.165) is 6.07 Å². The van der Waals surface area contributed by atoms with E-state index in [9.17, 15) is 19.7 Å². The number of ketones is 1. The maximum absolute atomic E-state index is 12.8. The van der Waals surface area contributed by atoms with E-state index in [2.05, 4.69) is 5.32 Å². The molecule has 0 aromatic heterocycles. The van der Waals surface area contributed by atoms with Crippen LogP contribution in [0.4, 0.5) is 11.4 Å². The summed E-state index contributed by atoms with van der Waals surface area (Å²) in [6, 6.07) is 10.1. The molecule has 2 rings (SSSR count). The van der Waals surface area contributed by atoms with Gasteiger partial charge in [-0.15, -0.1) is 0 Å². The van der Waals surface area contributed by atoms with Crippen molar-refractivity contribution in [2.45, 2.75) is 0 Å². The third-order valence-corrected chi connectivity index (χ3v) is 3.64. The standard InChI is InChI=1S/C17H16ClN3O4/c1-20(2)10-16(22)19-15-8-7-11(21(24)25)9-13(15)17(23)12-5-3-4-6-14(12)18/h3-9H,10H2,1-2H3,(H,19,22). The number of nitrogens with zero attached hydrogens (tertiary/aromatic N) is 2. The summed E-state index contributed by atoms with van der Waals surface area (Å²) < 4.78 is 0. The molecule has 0 heterocycles. The summed E-state index contributed by atoms with van der Waals surface area (Å²) in [5.74, 6) is -0.846. The quantitative estimate of drug-likeness (QED) is 0.485. The predicted molar refractivity (Wildman–Crippen MR) is 95.2 cm³/mol. The van der Waals surface area contributed by atoms with Crippen LogP contribution in [0.25, 0.3) is 0 Å².